The van der Waals surface area contributed by atoms with E-state index in [-0.39, 0.29) is 0 Å². The van der Waals surface area contributed by atoms with Crippen LogP contribution in [0.2, 0.25) is 0 Å². The normalized spacial score (nSPS) is 57.8. The maximum absolute atomic E-state index is 11.5. The molecule has 0 N–H and O–H groups in total. The van der Waals surface area contributed by atoms with E-state index >= 15 is 0 Å². The molecule has 0 radical (unpaired) electrons. The number of carbonyl (C=O) groups excluding carboxylic acids is 1. The van der Waals surface area contributed by atoms with Gasteiger partial charge in [-0.25, -0.2) is 9.79 Å². The van der Waals surface area contributed by atoms with E-state index in [4.69, 9.17) is 4.99 Å². The quantitative estimate of drug-likeness (QED) is 0.523. The van der Waals surface area contributed by atoms with Crippen molar-refractivity contribution in [3.05, 3.63) is 0 Å². The number of isocyanates is 1. The Kier molecular flexibility index (Phi) is 2.88. The van der Waals surface area contributed by atoms with Crippen molar-refractivity contribution in [3.63, 3.8) is 0 Å². The fourth-order valence-corrected chi connectivity index (χ4v) is 10.0. The molecule has 8 fully saturated rings. The predicted molar refractivity (Wildman–Crippen MR) is 93.1 cm³/mol. The van der Waals surface area contributed by atoms with Gasteiger partial charge < -0.3 is 0 Å². The second kappa shape index (κ2) is 4.76. The van der Waals surface area contributed by atoms with Crippen LogP contribution in [0, 0.1) is 46.3 Å². The molecule has 0 aliphatic heterocycles. The SMILES string of the molecule is O=C=NC(C12CC3CC(CC(C3)C1)C2)C12CC3CC(CC(C3)C1)C2. The van der Waals surface area contributed by atoms with Gasteiger partial charge in [-0.2, -0.15) is 0 Å². The Labute approximate surface area is 145 Å². The van der Waals surface area contributed by atoms with Crippen molar-refractivity contribution in [1.82, 2.24) is 0 Å². The second-order valence-corrected chi connectivity index (χ2v) is 11.2. The van der Waals surface area contributed by atoms with E-state index in [0.29, 0.717) is 16.9 Å². The van der Waals surface area contributed by atoms with Gasteiger partial charge in [0.1, 0.15) is 0 Å². The summed E-state index contributed by atoms with van der Waals surface area (Å²) in [7, 11) is 0. The first-order valence-corrected chi connectivity index (χ1v) is 10.7. The van der Waals surface area contributed by atoms with E-state index in [1.165, 1.54) is 77.0 Å². The molecule has 0 heterocycles. The highest BCUT2D eigenvalue weighted by atomic mass is 16.1. The first-order valence-electron chi connectivity index (χ1n) is 10.7. The van der Waals surface area contributed by atoms with Crippen LogP contribution in [-0.2, 0) is 4.79 Å². The van der Waals surface area contributed by atoms with Crippen LogP contribution in [0.4, 0.5) is 0 Å². The topological polar surface area (TPSA) is 29.4 Å². The standard InChI is InChI=1S/C22H31NO/c24-13-23-20(21-7-14-1-15(8-21)3-16(2-14)9-21)22-10-17-4-18(11-22)6-19(5-17)12-22/h14-20H,1-12H2. The van der Waals surface area contributed by atoms with Gasteiger partial charge in [0, 0.05) is 0 Å². The molecule has 8 bridgehead atoms. The lowest BCUT2D eigenvalue weighted by Crippen LogP contribution is -2.60. The van der Waals surface area contributed by atoms with Crippen LogP contribution >= 0.6 is 0 Å². The molecule has 8 aliphatic carbocycles. The zero-order valence-corrected chi connectivity index (χ0v) is 14.9. The van der Waals surface area contributed by atoms with Crippen LogP contribution in [0.25, 0.3) is 0 Å². The van der Waals surface area contributed by atoms with Gasteiger partial charge in [0.15, 0.2) is 0 Å². The summed E-state index contributed by atoms with van der Waals surface area (Å²) >= 11 is 0. The number of nitrogens with zero attached hydrogens (tertiary/aromatic N) is 1. The summed E-state index contributed by atoms with van der Waals surface area (Å²) in [5, 5.41) is 0. The van der Waals surface area contributed by atoms with Crippen molar-refractivity contribution >= 4 is 6.08 Å². The Hall–Kier alpha value is -0.620. The first-order chi connectivity index (χ1) is 11.7. The van der Waals surface area contributed by atoms with Gasteiger partial charge in [0.25, 0.3) is 0 Å². The molecule has 0 aromatic heterocycles. The van der Waals surface area contributed by atoms with Crippen LogP contribution in [0.15, 0.2) is 4.99 Å². The minimum atomic E-state index is 0.323. The Morgan fingerprint density at radius 2 is 0.917 bits per heavy atom. The smallest absolute Gasteiger partial charge is 0.211 e. The highest BCUT2D eigenvalue weighted by Crippen LogP contribution is 2.69. The molecule has 0 aromatic carbocycles. The average Bonchev–Trinajstić information content (AvgIpc) is 2.49. The molecule has 0 atom stereocenters. The zero-order chi connectivity index (χ0) is 15.9. The van der Waals surface area contributed by atoms with Crippen LogP contribution < -0.4 is 0 Å². The molecule has 0 aromatic rings. The maximum atomic E-state index is 11.5. The van der Waals surface area contributed by atoms with E-state index in [0.717, 1.165) is 35.5 Å². The molecular weight excluding hydrogens is 294 g/mol. The molecule has 0 amide bonds. The molecule has 2 heteroatoms. The molecule has 0 unspecified atom stereocenters. The van der Waals surface area contributed by atoms with Gasteiger partial charge in [-0.15, -0.1) is 0 Å². The third kappa shape index (κ3) is 1.90. The minimum Gasteiger partial charge on any atom is -0.211 e. The van der Waals surface area contributed by atoms with Crippen molar-refractivity contribution in [2.45, 2.75) is 83.1 Å². The minimum absolute atomic E-state index is 0.323. The molecule has 2 nitrogen and oxygen atoms in total. The van der Waals surface area contributed by atoms with Crippen molar-refractivity contribution in [1.29, 1.82) is 0 Å². The van der Waals surface area contributed by atoms with Crippen LogP contribution in [-0.4, -0.2) is 12.1 Å². The van der Waals surface area contributed by atoms with Crippen LogP contribution in [0.5, 0.6) is 0 Å². The lowest BCUT2D eigenvalue weighted by atomic mass is 9.40. The van der Waals surface area contributed by atoms with Crippen LogP contribution in [0.3, 0.4) is 0 Å². The molecular formula is C22H31NO. The summed E-state index contributed by atoms with van der Waals surface area (Å²) < 4.78 is 0. The monoisotopic (exact) mass is 325 g/mol. The fourth-order valence-electron chi connectivity index (χ4n) is 10.0. The van der Waals surface area contributed by atoms with Gasteiger partial charge in [-0.1, -0.05) is 0 Å². The Balaban J connectivity index is 1.42. The summed E-state index contributed by atoms with van der Waals surface area (Å²) in [6.07, 6.45) is 19.3. The van der Waals surface area contributed by atoms with E-state index in [2.05, 4.69) is 6.08 Å². The molecule has 8 rings (SSSR count). The molecule has 0 saturated heterocycles. The molecule has 130 valence electrons. The lowest BCUT2D eigenvalue weighted by molar-refractivity contribution is -0.139. The summed E-state index contributed by atoms with van der Waals surface area (Å²) in [4.78, 5) is 16.2. The highest BCUT2D eigenvalue weighted by Gasteiger charge is 2.63. The van der Waals surface area contributed by atoms with Gasteiger partial charge >= 0.3 is 0 Å². The Bertz CT molecular complexity index is 487. The third-order valence-electron chi connectivity index (χ3n) is 9.51. The molecule has 8 aliphatic rings. The van der Waals surface area contributed by atoms with E-state index in [1.54, 1.807) is 0 Å². The van der Waals surface area contributed by atoms with Crippen molar-refractivity contribution in [3.8, 4) is 0 Å². The second-order valence-electron chi connectivity index (χ2n) is 11.2. The number of hydrogen-bond donors (Lipinski definition) is 0. The summed E-state index contributed by atoms with van der Waals surface area (Å²) in [5.74, 6) is 5.72. The molecule has 24 heavy (non-hydrogen) atoms. The summed E-state index contributed by atoms with van der Waals surface area (Å²) in [6.45, 7) is 0. The third-order valence-corrected chi connectivity index (χ3v) is 9.51. The van der Waals surface area contributed by atoms with E-state index in [9.17, 15) is 4.79 Å². The van der Waals surface area contributed by atoms with Gasteiger partial charge in [0.2, 0.25) is 6.08 Å². The highest BCUT2D eigenvalue weighted by molar-refractivity contribution is 5.35. The molecule has 8 saturated carbocycles. The van der Waals surface area contributed by atoms with Gasteiger partial charge in [0.05, 0.1) is 6.04 Å². The number of rotatable bonds is 3. The van der Waals surface area contributed by atoms with Gasteiger partial charge in [-0.3, -0.25) is 0 Å². The zero-order valence-electron chi connectivity index (χ0n) is 14.9. The van der Waals surface area contributed by atoms with Crippen molar-refractivity contribution in [2.24, 2.45) is 51.3 Å². The largest absolute Gasteiger partial charge is 0.235 e. The van der Waals surface area contributed by atoms with Crippen LogP contribution in [0.1, 0.15) is 77.0 Å². The van der Waals surface area contributed by atoms with Crippen molar-refractivity contribution < 1.29 is 4.79 Å². The fraction of sp³-hybridized carbons (Fsp3) is 0.955. The van der Waals surface area contributed by atoms with E-state index in [1.807, 2.05) is 0 Å². The summed E-state index contributed by atoms with van der Waals surface area (Å²) in [5.41, 5.74) is 0.773. The van der Waals surface area contributed by atoms with Gasteiger partial charge in [-0.05, 0) is 123 Å². The first kappa shape index (κ1) is 14.5. The van der Waals surface area contributed by atoms with Crippen molar-refractivity contribution in [2.75, 3.05) is 0 Å². The molecule has 0 spiro atoms. The lowest BCUT2D eigenvalue weighted by Gasteiger charge is -2.65. The Morgan fingerprint density at radius 1 is 0.625 bits per heavy atom. The Morgan fingerprint density at radius 3 is 1.17 bits per heavy atom. The number of aliphatic imine (C=N–C) groups is 1. The average molecular weight is 325 g/mol. The summed E-state index contributed by atoms with van der Waals surface area (Å²) in [6, 6.07) is 0.323. The number of hydrogen-bond acceptors (Lipinski definition) is 2. The predicted octanol–water partition coefficient (Wildman–Crippen LogP) is 5.12. The maximum Gasteiger partial charge on any atom is 0.235 e. The van der Waals surface area contributed by atoms with E-state index < -0.39 is 0 Å².